The molecule has 0 saturated heterocycles. The molecule has 0 aromatic rings. The van der Waals surface area contributed by atoms with E-state index in [0.717, 1.165) is 18.8 Å². The van der Waals surface area contributed by atoms with Crippen molar-refractivity contribution in [3.05, 3.63) is 12.2 Å². The summed E-state index contributed by atoms with van der Waals surface area (Å²) in [5.41, 5.74) is 0.536. The van der Waals surface area contributed by atoms with Crippen LogP contribution in [0.25, 0.3) is 0 Å². The first-order chi connectivity index (χ1) is 6.72. The summed E-state index contributed by atoms with van der Waals surface area (Å²) >= 11 is 1.68. The molecule has 0 atom stereocenters. The van der Waals surface area contributed by atoms with Crippen molar-refractivity contribution in [3.8, 4) is 0 Å². The van der Waals surface area contributed by atoms with Crippen LogP contribution in [0.5, 0.6) is 0 Å². The Labute approximate surface area is 89.8 Å². The van der Waals surface area contributed by atoms with Crippen molar-refractivity contribution in [2.45, 2.75) is 13.3 Å². The smallest absolute Gasteiger partial charge is 0.334 e. The maximum Gasteiger partial charge on any atom is 0.334 e. The van der Waals surface area contributed by atoms with Gasteiger partial charge in [-0.15, -0.1) is 0 Å². The molecule has 0 rings (SSSR count). The minimum atomic E-state index is -0.285. The molecule has 0 saturated carbocycles. The van der Waals surface area contributed by atoms with E-state index in [1.54, 1.807) is 25.8 Å². The van der Waals surface area contributed by atoms with E-state index in [0.29, 0.717) is 17.9 Å². The first-order valence-corrected chi connectivity index (χ1v) is 5.79. The van der Waals surface area contributed by atoms with Gasteiger partial charge in [0, 0.05) is 25.0 Å². The standard InChI is InChI=1S/C10H18O3S/c1-4-13-10(11)9(2)8-14-7-5-6-12-3/h2,4-8H2,1,3H3. The number of hydrogen-bond donors (Lipinski definition) is 0. The van der Waals surface area contributed by atoms with Gasteiger partial charge in [0.25, 0.3) is 0 Å². The lowest BCUT2D eigenvalue weighted by atomic mass is 10.4. The first kappa shape index (κ1) is 13.5. The number of rotatable bonds is 8. The van der Waals surface area contributed by atoms with Gasteiger partial charge in [0.05, 0.1) is 6.61 Å². The number of methoxy groups -OCH3 is 1. The van der Waals surface area contributed by atoms with Gasteiger partial charge in [-0.25, -0.2) is 4.79 Å². The molecule has 0 aromatic heterocycles. The molecule has 0 amide bonds. The summed E-state index contributed by atoms with van der Waals surface area (Å²) in [4.78, 5) is 11.1. The zero-order valence-electron chi connectivity index (χ0n) is 8.88. The van der Waals surface area contributed by atoms with Gasteiger partial charge >= 0.3 is 5.97 Å². The Morgan fingerprint density at radius 2 is 2.21 bits per heavy atom. The molecular weight excluding hydrogens is 200 g/mol. The van der Waals surface area contributed by atoms with E-state index in [1.165, 1.54) is 0 Å². The highest BCUT2D eigenvalue weighted by Crippen LogP contribution is 2.09. The second-order valence-corrected chi connectivity index (χ2v) is 3.83. The van der Waals surface area contributed by atoms with Crippen molar-refractivity contribution in [3.63, 3.8) is 0 Å². The van der Waals surface area contributed by atoms with Gasteiger partial charge in [0.1, 0.15) is 0 Å². The Hall–Kier alpha value is -0.480. The summed E-state index contributed by atoms with van der Waals surface area (Å²) in [5, 5.41) is 0. The van der Waals surface area contributed by atoms with Crippen LogP contribution in [0, 0.1) is 0 Å². The summed E-state index contributed by atoms with van der Waals surface area (Å²) in [6, 6.07) is 0. The summed E-state index contributed by atoms with van der Waals surface area (Å²) in [6.07, 6.45) is 0.997. The minimum Gasteiger partial charge on any atom is -0.463 e. The van der Waals surface area contributed by atoms with E-state index in [9.17, 15) is 4.79 Å². The molecule has 0 aliphatic carbocycles. The van der Waals surface area contributed by atoms with Crippen molar-refractivity contribution in [1.82, 2.24) is 0 Å². The second kappa shape index (κ2) is 9.09. The normalized spacial score (nSPS) is 9.86. The predicted octanol–water partition coefficient (Wildman–Crippen LogP) is 1.88. The van der Waals surface area contributed by atoms with Crippen LogP contribution < -0.4 is 0 Å². The van der Waals surface area contributed by atoms with Gasteiger partial charge in [0.2, 0.25) is 0 Å². The molecule has 0 spiro atoms. The molecule has 0 aliphatic heterocycles. The molecule has 0 unspecified atom stereocenters. The molecule has 0 aliphatic rings. The molecule has 3 nitrogen and oxygen atoms in total. The summed E-state index contributed by atoms with van der Waals surface area (Å²) < 4.78 is 9.71. The van der Waals surface area contributed by atoms with Crippen molar-refractivity contribution in [2.75, 3.05) is 31.8 Å². The lowest BCUT2D eigenvalue weighted by Gasteiger charge is -2.04. The quantitative estimate of drug-likeness (QED) is 0.354. The molecule has 14 heavy (non-hydrogen) atoms. The Balaban J connectivity index is 3.39. The van der Waals surface area contributed by atoms with Gasteiger partial charge < -0.3 is 9.47 Å². The van der Waals surface area contributed by atoms with E-state index >= 15 is 0 Å². The Morgan fingerprint density at radius 3 is 2.79 bits per heavy atom. The van der Waals surface area contributed by atoms with Crippen molar-refractivity contribution < 1.29 is 14.3 Å². The van der Waals surface area contributed by atoms with Crippen LogP contribution in [-0.2, 0) is 14.3 Å². The Kier molecular flexibility index (Phi) is 8.78. The topological polar surface area (TPSA) is 35.5 Å². The highest BCUT2D eigenvalue weighted by atomic mass is 32.2. The molecule has 0 fully saturated rings. The van der Waals surface area contributed by atoms with Gasteiger partial charge in [0.15, 0.2) is 0 Å². The molecule has 0 heterocycles. The fraction of sp³-hybridized carbons (Fsp3) is 0.700. The fourth-order valence-corrected chi connectivity index (χ4v) is 1.62. The van der Waals surface area contributed by atoms with E-state index in [1.807, 2.05) is 0 Å². The fourth-order valence-electron chi connectivity index (χ4n) is 0.793. The average Bonchev–Trinajstić information content (AvgIpc) is 2.17. The van der Waals surface area contributed by atoms with Crippen molar-refractivity contribution in [2.24, 2.45) is 0 Å². The molecule has 0 aromatic carbocycles. The minimum absolute atomic E-state index is 0.285. The van der Waals surface area contributed by atoms with Crippen LogP contribution >= 0.6 is 11.8 Å². The van der Waals surface area contributed by atoms with Crippen LogP contribution in [0.1, 0.15) is 13.3 Å². The molecule has 0 bridgehead atoms. The predicted molar refractivity (Wildman–Crippen MR) is 59.6 cm³/mol. The molecule has 4 heteroatoms. The first-order valence-electron chi connectivity index (χ1n) is 4.64. The third-order valence-corrected chi connectivity index (χ3v) is 2.61. The van der Waals surface area contributed by atoms with Crippen LogP contribution in [0.2, 0.25) is 0 Å². The molecule has 82 valence electrons. The second-order valence-electron chi connectivity index (χ2n) is 2.72. The largest absolute Gasteiger partial charge is 0.463 e. The van der Waals surface area contributed by atoms with Gasteiger partial charge in [-0.05, 0) is 19.1 Å². The van der Waals surface area contributed by atoms with Crippen molar-refractivity contribution >= 4 is 17.7 Å². The Bertz CT molecular complexity index is 180. The summed E-state index contributed by atoms with van der Waals surface area (Å²) in [5.74, 6) is 1.33. The van der Waals surface area contributed by atoms with Gasteiger partial charge in [-0.3, -0.25) is 0 Å². The number of thioether (sulfide) groups is 1. The maximum absolute atomic E-state index is 11.1. The summed E-state index contributed by atoms with van der Waals surface area (Å²) in [6.45, 7) is 6.62. The van der Waals surface area contributed by atoms with E-state index in [4.69, 9.17) is 9.47 Å². The summed E-state index contributed by atoms with van der Waals surface area (Å²) in [7, 11) is 1.68. The number of ether oxygens (including phenoxy) is 2. The van der Waals surface area contributed by atoms with Crippen LogP contribution in [0.4, 0.5) is 0 Å². The lowest BCUT2D eigenvalue weighted by molar-refractivity contribution is -0.138. The number of hydrogen-bond acceptors (Lipinski definition) is 4. The van der Waals surface area contributed by atoms with E-state index < -0.39 is 0 Å². The Morgan fingerprint density at radius 1 is 1.50 bits per heavy atom. The zero-order valence-corrected chi connectivity index (χ0v) is 9.69. The highest BCUT2D eigenvalue weighted by Gasteiger charge is 2.06. The number of carbonyl (C=O) groups is 1. The molecule has 0 radical (unpaired) electrons. The molecular formula is C10H18O3S. The third-order valence-electron chi connectivity index (χ3n) is 1.48. The zero-order chi connectivity index (χ0) is 10.8. The molecule has 0 N–H and O–H groups in total. The number of esters is 1. The van der Waals surface area contributed by atoms with E-state index in [2.05, 4.69) is 6.58 Å². The van der Waals surface area contributed by atoms with Gasteiger partial charge in [-0.1, -0.05) is 6.58 Å². The van der Waals surface area contributed by atoms with Crippen LogP contribution in [0.15, 0.2) is 12.2 Å². The van der Waals surface area contributed by atoms with Gasteiger partial charge in [-0.2, -0.15) is 11.8 Å². The average molecular weight is 218 g/mol. The maximum atomic E-state index is 11.1. The highest BCUT2D eigenvalue weighted by molar-refractivity contribution is 7.99. The number of carbonyl (C=O) groups excluding carboxylic acids is 1. The SMILES string of the molecule is C=C(CSCCCOC)C(=O)OCC. The van der Waals surface area contributed by atoms with Crippen LogP contribution in [-0.4, -0.2) is 37.8 Å². The lowest BCUT2D eigenvalue weighted by Crippen LogP contribution is -2.08. The third kappa shape index (κ3) is 6.97. The van der Waals surface area contributed by atoms with E-state index in [-0.39, 0.29) is 5.97 Å². The monoisotopic (exact) mass is 218 g/mol. The van der Waals surface area contributed by atoms with Crippen LogP contribution in [0.3, 0.4) is 0 Å². The van der Waals surface area contributed by atoms with Crippen molar-refractivity contribution in [1.29, 1.82) is 0 Å².